The van der Waals surface area contributed by atoms with Crippen LogP contribution in [0.5, 0.6) is 0 Å². The first-order chi connectivity index (χ1) is 6.96. The van der Waals surface area contributed by atoms with Gasteiger partial charge in [-0.2, -0.15) is 0 Å². The Bertz CT molecular complexity index is 417. The van der Waals surface area contributed by atoms with E-state index in [0.717, 1.165) is 10.2 Å². The molecule has 2 unspecified atom stereocenters. The molecule has 1 N–H and O–H groups in total. The van der Waals surface area contributed by atoms with E-state index in [1.54, 1.807) is 6.20 Å². The Labute approximate surface area is 96.7 Å². The van der Waals surface area contributed by atoms with Crippen LogP contribution in [0, 0.1) is 11.3 Å². The Morgan fingerprint density at radius 1 is 1.60 bits per heavy atom. The average molecular weight is 270 g/mol. The van der Waals surface area contributed by atoms with E-state index in [-0.39, 0.29) is 17.3 Å². The van der Waals surface area contributed by atoms with Gasteiger partial charge in [0.2, 0.25) is 0 Å². The molecule has 3 nitrogen and oxygen atoms in total. The molecule has 0 amide bonds. The van der Waals surface area contributed by atoms with Gasteiger partial charge in [-0.1, -0.05) is 13.8 Å². The number of halogens is 1. The van der Waals surface area contributed by atoms with Crippen LogP contribution in [0.15, 0.2) is 22.8 Å². The van der Waals surface area contributed by atoms with Gasteiger partial charge in [-0.15, -0.1) is 0 Å². The van der Waals surface area contributed by atoms with Crippen LogP contribution in [-0.4, -0.2) is 16.1 Å². The van der Waals surface area contributed by atoms with E-state index in [1.807, 2.05) is 26.0 Å². The molecule has 1 aliphatic rings. The Morgan fingerprint density at radius 2 is 2.27 bits per heavy atom. The minimum Gasteiger partial charge on any atom is -0.481 e. The Balaban J connectivity index is 2.36. The normalized spacial score (nSPS) is 27.4. The van der Waals surface area contributed by atoms with Gasteiger partial charge >= 0.3 is 5.97 Å². The Hall–Kier alpha value is -0.900. The average Bonchev–Trinajstić information content (AvgIpc) is 2.70. The molecule has 0 radical (unpaired) electrons. The molecule has 1 aromatic rings. The molecule has 1 aromatic heterocycles. The number of carboxylic acids is 1. The van der Waals surface area contributed by atoms with Crippen LogP contribution in [0.25, 0.3) is 0 Å². The van der Waals surface area contributed by atoms with Crippen molar-refractivity contribution in [3.63, 3.8) is 0 Å². The van der Waals surface area contributed by atoms with Crippen molar-refractivity contribution >= 4 is 21.9 Å². The lowest BCUT2D eigenvalue weighted by molar-refractivity contribution is -0.139. The lowest BCUT2D eigenvalue weighted by atomic mass is 10.1. The second-order valence-corrected chi connectivity index (χ2v) is 5.34. The largest absolute Gasteiger partial charge is 0.481 e. The quantitative estimate of drug-likeness (QED) is 0.898. The van der Waals surface area contributed by atoms with Gasteiger partial charge < -0.3 is 5.11 Å². The van der Waals surface area contributed by atoms with Crippen molar-refractivity contribution < 1.29 is 9.90 Å². The highest BCUT2D eigenvalue weighted by molar-refractivity contribution is 9.10. The summed E-state index contributed by atoms with van der Waals surface area (Å²) >= 11 is 3.41. The molecule has 0 aromatic carbocycles. The summed E-state index contributed by atoms with van der Waals surface area (Å²) < 4.78 is 0.895. The zero-order valence-electron chi connectivity index (χ0n) is 8.57. The van der Waals surface area contributed by atoms with E-state index >= 15 is 0 Å². The minimum atomic E-state index is -0.734. The van der Waals surface area contributed by atoms with E-state index in [2.05, 4.69) is 20.9 Å². The van der Waals surface area contributed by atoms with Crippen molar-refractivity contribution in [1.82, 2.24) is 4.98 Å². The van der Waals surface area contributed by atoms with E-state index in [4.69, 9.17) is 5.11 Å². The monoisotopic (exact) mass is 269 g/mol. The smallest absolute Gasteiger partial charge is 0.307 e. The van der Waals surface area contributed by atoms with Gasteiger partial charge in [-0.25, -0.2) is 0 Å². The van der Waals surface area contributed by atoms with Gasteiger partial charge in [0.05, 0.1) is 11.6 Å². The van der Waals surface area contributed by atoms with Crippen molar-refractivity contribution in [3.8, 4) is 0 Å². The third-order valence-corrected chi connectivity index (χ3v) is 3.85. The zero-order chi connectivity index (χ0) is 11.2. The predicted octanol–water partition coefficient (Wildman–Crippen LogP) is 2.67. The molecule has 0 saturated heterocycles. The number of pyridine rings is 1. The van der Waals surface area contributed by atoms with E-state index in [1.165, 1.54) is 0 Å². The maximum atomic E-state index is 11.0. The summed E-state index contributed by atoms with van der Waals surface area (Å²) in [5, 5.41) is 9.07. The SMILES string of the molecule is CC1(C)C(C(=O)O)C1c1ncccc1Br. The first-order valence-corrected chi connectivity index (χ1v) is 5.58. The fraction of sp³-hybridized carbons (Fsp3) is 0.455. The molecule has 0 spiro atoms. The van der Waals surface area contributed by atoms with E-state index in [0.29, 0.717) is 0 Å². The lowest BCUT2D eigenvalue weighted by Gasteiger charge is -2.03. The Morgan fingerprint density at radius 3 is 2.73 bits per heavy atom. The van der Waals surface area contributed by atoms with Crippen LogP contribution < -0.4 is 0 Å². The number of aromatic nitrogens is 1. The van der Waals surface area contributed by atoms with E-state index in [9.17, 15) is 4.79 Å². The number of rotatable bonds is 2. The molecule has 2 atom stereocenters. The molecule has 0 bridgehead atoms. The number of hydrogen-bond acceptors (Lipinski definition) is 2. The van der Waals surface area contributed by atoms with Crippen LogP contribution in [0.3, 0.4) is 0 Å². The second kappa shape index (κ2) is 3.30. The van der Waals surface area contributed by atoms with Crippen molar-refractivity contribution in [1.29, 1.82) is 0 Å². The van der Waals surface area contributed by atoms with Gasteiger partial charge in [-0.05, 0) is 33.5 Å². The standard InChI is InChI=1S/C11H12BrNO2/c1-11(2)7(8(11)10(14)15)9-6(12)4-3-5-13-9/h3-5,7-8H,1-2H3,(H,14,15). The first-order valence-electron chi connectivity index (χ1n) is 4.79. The van der Waals surface area contributed by atoms with Crippen molar-refractivity contribution in [2.24, 2.45) is 11.3 Å². The van der Waals surface area contributed by atoms with Gasteiger partial charge in [0, 0.05) is 16.6 Å². The second-order valence-electron chi connectivity index (χ2n) is 4.49. The Kier molecular flexibility index (Phi) is 2.34. The number of nitrogens with zero attached hydrogens (tertiary/aromatic N) is 1. The number of carbonyl (C=O) groups is 1. The molecular weight excluding hydrogens is 258 g/mol. The maximum absolute atomic E-state index is 11.0. The van der Waals surface area contributed by atoms with Crippen LogP contribution in [0.2, 0.25) is 0 Å². The summed E-state index contributed by atoms with van der Waals surface area (Å²) in [6.45, 7) is 3.94. The summed E-state index contributed by atoms with van der Waals surface area (Å²) in [5.74, 6) is -1.03. The number of aliphatic carboxylic acids is 1. The summed E-state index contributed by atoms with van der Waals surface area (Å²) in [6, 6.07) is 3.73. The molecule has 2 rings (SSSR count). The van der Waals surface area contributed by atoms with Crippen LogP contribution in [0.4, 0.5) is 0 Å². The third kappa shape index (κ3) is 1.57. The molecule has 1 aliphatic carbocycles. The lowest BCUT2D eigenvalue weighted by Crippen LogP contribution is -2.03. The van der Waals surface area contributed by atoms with Crippen molar-refractivity contribution in [2.75, 3.05) is 0 Å². The molecule has 80 valence electrons. The van der Waals surface area contributed by atoms with Gasteiger partial charge in [-0.3, -0.25) is 9.78 Å². The number of hydrogen-bond donors (Lipinski definition) is 1. The summed E-state index contributed by atoms with van der Waals surface area (Å²) in [4.78, 5) is 15.3. The van der Waals surface area contributed by atoms with Gasteiger partial charge in [0.25, 0.3) is 0 Å². The van der Waals surface area contributed by atoms with Crippen LogP contribution >= 0.6 is 15.9 Å². The summed E-state index contributed by atoms with van der Waals surface area (Å²) in [5.41, 5.74) is 0.665. The number of carboxylic acid groups (broad SMARTS) is 1. The maximum Gasteiger partial charge on any atom is 0.307 e. The molecule has 4 heteroatoms. The van der Waals surface area contributed by atoms with Crippen LogP contribution in [0.1, 0.15) is 25.5 Å². The first kappa shape index (κ1) is 10.6. The predicted molar refractivity (Wildman–Crippen MR) is 59.6 cm³/mol. The van der Waals surface area contributed by atoms with Gasteiger partial charge in [0.15, 0.2) is 0 Å². The summed E-state index contributed by atoms with van der Waals surface area (Å²) in [6.07, 6.45) is 1.70. The highest BCUT2D eigenvalue weighted by Gasteiger charge is 2.63. The minimum absolute atomic E-state index is 0.0191. The van der Waals surface area contributed by atoms with Gasteiger partial charge in [0.1, 0.15) is 0 Å². The van der Waals surface area contributed by atoms with Crippen molar-refractivity contribution in [2.45, 2.75) is 19.8 Å². The van der Waals surface area contributed by atoms with Crippen LogP contribution in [-0.2, 0) is 4.79 Å². The molecule has 1 fully saturated rings. The zero-order valence-corrected chi connectivity index (χ0v) is 10.2. The molecular formula is C11H12BrNO2. The molecule has 15 heavy (non-hydrogen) atoms. The highest BCUT2D eigenvalue weighted by Crippen LogP contribution is 2.64. The van der Waals surface area contributed by atoms with Crippen molar-refractivity contribution in [3.05, 3.63) is 28.5 Å². The summed E-state index contributed by atoms with van der Waals surface area (Å²) in [7, 11) is 0. The molecule has 0 aliphatic heterocycles. The fourth-order valence-electron chi connectivity index (χ4n) is 2.24. The third-order valence-electron chi connectivity index (χ3n) is 3.17. The molecule has 1 saturated carbocycles. The van der Waals surface area contributed by atoms with E-state index < -0.39 is 5.97 Å². The fourth-order valence-corrected chi connectivity index (χ4v) is 2.74. The highest BCUT2D eigenvalue weighted by atomic mass is 79.9. The molecule has 1 heterocycles. The topological polar surface area (TPSA) is 50.2 Å².